The highest BCUT2D eigenvalue weighted by Gasteiger charge is 2.04. The zero-order valence-corrected chi connectivity index (χ0v) is 10.5. The Morgan fingerprint density at radius 3 is 2.57 bits per heavy atom. The van der Waals surface area contributed by atoms with Crippen molar-refractivity contribution < 1.29 is 4.74 Å². The smallest absolute Gasteiger partial charge is 0.0462 e. The van der Waals surface area contributed by atoms with Gasteiger partial charge in [-0.05, 0) is 53.1 Å². The van der Waals surface area contributed by atoms with Crippen LogP contribution in [0.15, 0.2) is 24.3 Å². The molecule has 14 heavy (non-hydrogen) atoms. The lowest BCUT2D eigenvalue weighted by Crippen LogP contribution is -2.10. The molecule has 1 aromatic rings. The maximum Gasteiger partial charge on any atom is 0.0462 e. The third kappa shape index (κ3) is 3.94. The summed E-state index contributed by atoms with van der Waals surface area (Å²) in [6, 6.07) is 8.51. The van der Waals surface area contributed by atoms with Crippen LogP contribution in [0.25, 0.3) is 0 Å². The second-order valence-electron chi connectivity index (χ2n) is 3.29. The van der Waals surface area contributed by atoms with Crippen molar-refractivity contribution in [2.24, 2.45) is 5.73 Å². The molecule has 1 rings (SSSR count). The van der Waals surface area contributed by atoms with Crippen LogP contribution in [0.4, 0.5) is 0 Å². The Balaban J connectivity index is 2.43. The second-order valence-corrected chi connectivity index (χ2v) is 4.54. The normalized spacial score (nSPS) is 12.8. The number of methoxy groups -OCH3 is 1. The predicted octanol–water partition coefficient (Wildman–Crippen LogP) is 2.72. The Morgan fingerprint density at radius 1 is 1.36 bits per heavy atom. The summed E-state index contributed by atoms with van der Waals surface area (Å²) in [5.74, 6) is 0. The van der Waals surface area contributed by atoms with E-state index in [1.54, 1.807) is 7.11 Å². The van der Waals surface area contributed by atoms with Crippen molar-refractivity contribution in [1.29, 1.82) is 0 Å². The molecule has 0 heterocycles. The number of rotatable bonds is 5. The molecule has 1 unspecified atom stereocenters. The van der Waals surface area contributed by atoms with Crippen LogP contribution in [0.2, 0.25) is 0 Å². The summed E-state index contributed by atoms with van der Waals surface area (Å²) in [5.41, 5.74) is 7.24. The van der Waals surface area contributed by atoms with Crippen molar-refractivity contribution in [1.82, 2.24) is 0 Å². The summed E-state index contributed by atoms with van der Waals surface area (Å²) in [6.07, 6.45) is 2.00. The molecule has 1 atom stereocenters. The van der Waals surface area contributed by atoms with Crippen LogP contribution in [-0.4, -0.2) is 13.7 Å². The van der Waals surface area contributed by atoms with Gasteiger partial charge in [-0.25, -0.2) is 0 Å². The van der Waals surface area contributed by atoms with E-state index in [1.807, 2.05) is 0 Å². The van der Waals surface area contributed by atoms with Gasteiger partial charge in [0.25, 0.3) is 0 Å². The highest BCUT2D eigenvalue weighted by molar-refractivity contribution is 14.1. The molecule has 0 saturated carbocycles. The molecule has 2 nitrogen and oxygen atoms in total. The van der Waals surface area contributed by atoms with E-state index in [4.69, 9.17) is 10.5 Å². The first kappa shape index (κ1) is 11.9. The zero-order chi connectivity index (χ0) is 10.4. The maximum absolute atomic E-state index is 6.03. The van der Waals surface area contributed by atoms with E-state index < -0.39 is 0 Å². The van der Waals surface area contributed by atoms with Gasteiger partial charge in [-0.3, -0.25) is 0 Å². The minimum absolute atomic E-state index is 0.141. The highest BCUT2D eigenvalue weighted by Crippen LogP contribution is 2.16. The number of benzene rings is 1. The van der Waals surface area contributed by atoms with Crippen LogP contribution in [-0.2, 0) is 4.74 Å². The first-order chi connectivity index (χ1) is 6.74. The molecule has 0 amide bonds. The van der Waals surface area contributed by atoms with Crippen LogP contribution in [0, 0.1) is 3.57 Å². The molecule has 0 radical (unpaired) electrons. The van der Waals surface area contributed by atoms with Gasteiger partial charge >= 0.3 is 0 Å². The molecule has 0 spiro atoms. The second kappa shape index (κ2) is 6.37. The van der Waals surface area contributed by atoms with Crippen molar-refractivity contribution >= 4 is 22.6 Å². The molecule has 0 aliphatic heterocycles. The lowest BCUT2D eigenvalue weighted by atomic mass is 10.0. The van der Waals surface area contributed by atoms with Crippen LogP contribution in [0.3, 0.4) is 0 Å². The Bertz CT molecular complexity index is 260. The summed E-state index contributed by atoms with van der Waals surface area (Å²) in [7, 11) is 1.72. The lowest BCUT2D eigenvalue weighted by Gasteiger charge is -2.11. The fraction of sp³-hybridized carbons (Fsp3) is 0.455. The van der Waals surface area contributed by atoms with E-state index in [2.05, 4.69) is 46.9 Å². The number of ether oxygens (including phenoxy) is 1. The number of hydrogen-bond donors (Lipinski definition) is 1. The van der Waals surface area contributed by atoms with Crippen LogP contribution >= 0.6 is 22.6 Å². The average Bonchev–Trinajstić information content (AvgIpc) is 2.19. The van der Waals surface area contributed by atoms with Crippen LogP contribution in [0.5, 0.6) is 0 Å². The Labute approximate surface area is 99.0 Å². The molecule has 78 valence electrons. The Hall–Kier alpha value is -0.130. The first-order valence-corrected chi connectivity index (χ1v) is 5.82. The third-order valence-electron chi connectivity index (χ3n) is 2.16. The zero-order valence-electron chi connectivity index (χ0n) is 8.37. The van der Waals surface area contributed by atoms with Crippen molar-refractivity contribution in [3.05, 3.63) is 33.4 Å². The third-order valence-corrected chi connectivity index (χ3v) is 2.88. The molecule has 0 aromatic heterocycles. The number of hydrogen-bond acceptors (Lipinski definition) is 2. The summed E-state index contributed by atoms with van der Waals surface area (Å²) in [5, 5.41) is 0. The van der Waals surface area contributed by atoms with E-state index in [0.717, 1.165) is 19.4 Å². The average molecular weight is 305 g/mol. The number of halogens is 1. The van der Waals surface area contributed by atoms with Gasteiger partial charge in [-0.2, -0.15) is 0 Å². The summed E-state index contributed by atoms with van der Waals surface area (Å²) >= 11 is 2.29. The molecular weight excluding hydrogens is 289 g/mol. The van der Waals surface area contributed by atoms with Crippen LogP contribution < -0.4 is 5.73 Å². The van der Waals surface area contributed by atoms with Gasteiger partial charge in [0, 0.05) is 23.3 Å². The molecule has 2 N–H and O–H groups in total. The molecule has 3 heteroatoms. The van der Waals surface area contributed by atoms with Crippen molar-refractivity contribution in [2.45, 2.75) is 18.9 Å². The molecule has 0 bridgehead atoms. The van der Waals surface area contributed by atoms with E-state index in [1.165, 1.54) is 9.13 Å². The predicted molar refractivity (Wildman–Crippen MR) is 67.2 cm³/mol. The van der Waals surface area contributed by atoms with Crippen molar-refractivity contribution in [3.63, 3.8) is 0 Å². The standard InChI is InChI=1S/C11H16INO/c1-14-8-2-3-11(13)9-4-6-10(12)7-5-9/h4-7,11H,2-3,8,13H2,1H3. The van der Waals surface area contributed by atoms with Crippen LogP contribution in [0.1, 0.15) is 24.4 Å². The molecule has 0 aliphatic carbocycles. The number of nitrogens with two attached hydrogens (primary N) is 1. The molecule has 0 fully saturated rings. The SMILES string of the molecule is COCCCC(N)c1ccc(I)cc1. The fourth-order valence-electron chi connectivity index (χ4n) is 1.32. The fourth-order valence-corrected chi connectivity index (χ4v) is 1.68. The summed E-state index contributed by atoms with van der Waals surface area (Å²) in [4.78, 5) is 0. The van der Waals surface area contributed by atoms with E-state index in [9.17, 15) is 0 Å². The van der Waals surface area contributed by atoms with Gasteiger partial charge in [0.2, 0.25) is 0 Å². The Morgan fingerprint density at radius 2 is 2.00 bits per heavy atom. The lowest BCUT2D eigenvalue weighted by molar-refractivity contribution is 0.190. The summed E-state index contributed by atoms with van der Waals surface area (Å²) in [6.45, 7) is 0.790. The van der Waals surface area contributed by atoms with Gasteiger partial charge in [-0.15, -0.1) is 0 Å². The summed E-state index contributed by atoms with van der Waals surface area (Å²) < 4.78 is 6.24. The molecule has 0 aliphatic rings. The van der Waals surface area contributed by atoms with E-state index >= 15 is 0 Å². The van der Waals surface area contributed by atoms with Gasteiger partial charge in [0.1, 0.15) is 0 Å². The topological polar surface area (TPSA) is 35.2 Å². The van der Waals surface area contributed by atoms with Crippen molar-refractivity contribution in [3.8, 4) is 0 Å². The highest BCUT2D eigenvalue weighted by atomic mass is 127. The largest absolute Gasteiger partial charge is 0.385 e. The quantitative estimate of drug-likeness (QED) is 0.670. The molecular formula is C11H16INO. The van der Waals surface area contributed by atoms with Gasteiger partial charge in [0.05, 0.1) is 0 Å². The monoisotopic (exact) mass is 305 g/mol. The van der Waals surface area contributed by atoms with E-state index in [0.29, 0.717) is 0 Å². The Kier molecular flexibility index (Phi) is 5.44. The molecule has 1 aromatic carbocycles. The minimum Gasteiger partial charge on any atom is -0.385 e. The van der Waals surface area contributed by atoms with E-state index in [-0.39, 0.29) is 6.04 Å². The van der Waals surface area contributed by atoms with Crippen molar-refractivity contribution in [2.75, 3.05) is 13.7 Å². The van der Waals surface area contributed by atoms with Gasteiger partial charge in [0.15, 0.2) is 0 Å². The van der Waals surface area contributed by atoms with Gasteiger partial charge < -0.3 is 10.5 Å². The molecule has 0 saturated heterocycles. The van der Waals surface area contributed by atoms with Gasteiger partial charge in [-0.1, -0.05) is 12.1 Å². The minimum atomic E-state index is 0.141. The first-order valence-electron chi connectivity index (χ1n) is 4.74. The maximum atomic E-state index is 6.03.